The number of phenols is 1. The maximum Gasteiger partial charge on any atom is 0.433 e. The van der Waals surface area contributed by atoms with Crippen molar-refractivity contribution in [3.63, 3.8) is 0 Å². The Hall–Kier alpha value is -5.36. The summed E-state index contributed by atoms with van der Waals surface area (Å²) >= 11 is 12.5. The fourth-order valence-electron chi connectivity index (χ4n) is 8.24. The van der Waals surface area contributed by atoms with Crippen molar-refractivity contribution in [2.24, 2.45) is 35.5 Å². The van der Waals surface area contributed by atoms with Gasteiger partial charge in [-0.05, 0) is 60.7 Å². The summed E-state index contributed by atoms with van der Waals surface area (Å²) in [5.74, 6) is -10.4. The summed E-state index contributed by atoms with van der Waals surface area (Å²) in [5.41, 5.74) is -1.60. The molecule has 12 nitrogen and oxygen atoms in total. The number of anilines is 2. The van der Waals surface area contributed by atoms with E-state index in [9.17, 15) is 50.6 Å². The number of halogens is 8. The number of carbonyl (C=O) groups is 4. The molecule has 2 aromatic heterocycles. The quantitative estimate of drug-likeness (QED) is 0.153. The van der Waals surface area contributed by atoms with Crippen molar-refractivity contribution in [2.45, 2.75) is 25.2 Å². The lowest BCUT2D eigenvalue weighted by atomic mass is 9.58. The Morgan fingerprint density at radius 2 is 1.30 bits per heavy atom. The lowest BCUT2D eigenvalue weighted by Gasteiger charge is -2.42. The van der Waals surface area contributed by atoms with Crippen LogP contribution in [0.4, 0.5) is 38.0 Å². The maximum absolute atomic E-state index is 14.4. The van der Waals surface area contributed by atoms with Crippen LogP contribution in [-0.2, 0) is 31.5 Å². The minimum atomic E-state index is -4.88. The normalized spacial score (nSPS) is 24.8. The molecule has 3 aromatic rings. The fraction of sp³-hybridized carbons (Fsp3) is 0.351. The average Bonchev–Trinajstić information content (AvgIpc) is 3.56. The topological polar surface area (TPSA) is 136 Å². The molecule has 0 bridgehead atoms. The number of aromatic nitrogens is 2. The number of methoxy groups -OCH3 is 1. The van der Waals surface area contributed by atoms with Gasteiger partial charge in [0.1, 0.15) is 11.4 Å². The first kappa shape index (κ1) is 39.9. The number of fused-ring (bicyclic) bond motifs is 4. The van der Waals surface area contributed by atoms with Crippen LogP contribution in [0.1, 0.15) is 29.8 Å². The van der Waals surface area contributed by atoms with Crippen LogP contribution in [0.15, 0.2) is 60.2 Å². The number of nitrogens with zero attached hydrogens (tertiary/aromatic N) is 6. The van der Waals surface area contributed by atoms with E-state index in [1.165, 1.54) is 26.3 Å². The molecule has 3 fully saturated rings. The standard InChI is InChI=1S/C37H30Cl2F6N6O6/c1-48(30-22(38)9-12-26(46-30)36(40,41)42)50-32(53)19-8-7-17-18(6-4-16-5-11-24(52)25(14-16)57-3)28-21(15-20(17)29(19)35(50)56)33(54)51(34(28)55)49(2)31-23(39)10-13-27(47-31)37(43,44)45/h4-7,9-14,18-21,28-29,52H,8,15H2,1-3H3/t18-,19-,20+,21+,28-,29-/m0/s1. The molecule has 1 aromatic carbocycles. The second kappa shape index (κ2) is 14.2. The van der Waals surface area contributed by atoms with E-state index in [2.05, 4.69) is 9.97 Å². The Kier molecular flexibility index (Phi) is 9.95. The van der Waals surface area contributed by atoms with Crippen LogP contribution in [0.5, 0.6) is 11.5 Å². The van der Waals surface area contributed by atoms with Gasteiger partial charge in [0, 0.05) is 20.0 Å². The first-order valence-electron chi connectivity index (χ1n) is 17.2. The van der Waals surface area contributed by atoms with Crippen LogP contribution in [0.3, 0.4) is 0 Å². The molecule has 20 heteroatoms. The maximum atomic E-state index is 14.4. The summed E-state index contributed by atoms with van der Waals surface area (Å²) in [6.45, 7) is 0. The number of alkyl halides is 6. The third-order valence-electron chi connectivity index (χ3n) is 10.8. The van der Waals surface area contributed by atoms with Crippen LogP contribution in [0.2, 0.25) is 10.0 Å². The molecular formula is C37H30Cl2F6N6O6. The number of aromatic hydroxyl groups is 1. The Morgan fingerprint density at radius 1 is 0.772 bits per heavy atom. The predicted molar refractivity (Wildman–Crippen MR) is 191 cm³/mol. The first-order chi connectivity index (χ1) is 26.7. The molecule has 1 N–H and O–H groups in total. The smallest absolute Gasteiger partial charge is 0.433 e. The fourth-order valence-corrected chi connectivity index (χ4v) is 8.70. The zero-order valence-corrected chi connectivity index (χ0v) is 31.4. The van der Waals surface area contributed by atoms with Gasteiger partial charge in [-0.15, -0.1) is 0 Å². The van der Waals surface area contributed by atoms with Gasteiger partial charge >= 0.3 is 12.4 Å². The number of hydrazine groups is 2. The molecule has 0 spiro atoms. The Bertz CT molecular complexity index is 2270. The number of amides is 4. The highest BCUT2D eigenvalue weighted by Crippen LogP contribution is 2.56. The van der Waals surface area contributed by atoms with Gasteiger partial charge in [0.15, 0.2) is 23.1 Å². The number of benzene rings is 1. The number of ether oxygens (including phenoxy) is 1. The molecule has 4 aliphatic rings. The summed E-state index contributed by atoms with van der Waals surface area (Å²) in [6, 6.07) is 7.63. The van der Waals surface area contributed by atoms with E-state index in [0.29, 0.717) is 33.3 Å². The monoisotopic (exact) mass is 838 g/mol. The van der Waals surface area contributed by atoms with Crippen molar-refractivity contribution in [3.05, 3.63) is 87.2 Å². The summed E-state index contributed by atoms with van der Waals surface area (Å²) in [7, 11) is 3.68. The van der Waals surface area contributed by atoms with E-state index in [0.717, 1.165) is 29.2 Å². The molecule has 57 heavy (non-hydrogen) atoms. The van der Waals surface area contributed by atoms with E-state index in [1.807, 2.05) is 0 Å². The highest BCUT2D eigenvalue weighted by molar-refractivity contribution is 6.33. The van der Waals surface area contributed by atoms with Crippen LogP contribution in [0, 0.1) is 35.5 Å². The second-order valence-corrected chi connectivity index (χ2v) is 14.7. The predicted octanol–water partition coefficient (Wildman–Crippen LogP) is 6.82. The number of hydrogen-bond acceptors (Lipinski definition) is 10. The Morgan fingerprint density at radius 3 is 1.82 bits per heavy atom. The molecule has 1 saturated carbocycles. The second-order valence-electron chi connectivity index (χ2n) is 13.9. The van der Waals surface area contributed by atoms with Crippen LogP contribution in [0.25, 0.3) is 6.08 Å². The Balaban J connectivity index is 1.28. The number of imide groups is 2. The van der Waals surface area contributed by atoms with Gasteiger partial charge in [0.2, 0.25) is 0 Å². The molecule has 0 radical (unpaired) electrons. The SMILES string of the molecule is COc1cc(C=C[C@H]2C3=CC[C@@H]4C(=O)N(N(C)c5nc(C(F)(F)F)ccc5Cl)C(=O)[C@@H]4[C@@H]3C[C@H]3C(=O)N(N(C)c4nc(C(F)(F)F)ccc4Cl)C(=O)[C@@H]23)ccc1O. The van der Waals surface area contributed by atoms with E-state index in [1.54, 1.807) is 24.3 Å². The third-order valence-corrected chi connectivity index (χ3v) is 11.4. The van der Waals surface area contributed by atoms with Gasteiger partial charge in [-0.25, -0.2) is 9.97 Å². The van der Waals surface area contributed by atoms with Crippen molar-refractivity contribution in [2.75, 3.05) is 31.2 Å². The summed E-state index contributed by atoms with van der Waals surface area (Å²) in [4.78, 5) is 64.2. The lowest BCUT2D eigenvalue weighted by Crippen LogP contribution is -2.46. The molecular weight excluding hydrogens is 809 g/mol. The van der Waals surface area contributed by atoms with Gasteiger partial charge in [-0.2, -0.15) is 36.4 Å². The van der Waals surface area contributed by atoms with Crippen molar-refractivity contribution in [1.82, 2.24) is 20.0 Å². The number of hydrogen-bond donors (Lipinski definition) is 1. The molecule has 6 atom stereocenters. The molecule has 4 amide bonds. The van der Waals surface area contributed by atoms with Gasteiger partial charge in [0.05, 0.1) is 40.8 Å². The van der Waals surface area contributed by atoms with E-state index < -0.39 is 94.5 Å². The zero-order valence-electron chi connectivity index (χ0n) is 29.8. The van der Waals surface area contributed by atoms with Gasteiger partial charge in [-0.1, -0.05) is 53.1 Å². The summed E-state index contributed by atoms with van der Waals surface area (Å²) in [6.07, 6.45) is -4.97. The van der Waals surface area contributed by atoms with Crippen LogP contribution < -0.4 is 14.8 Å². The van der Waals surface area contributed by atoms with Gasteiger partial charge in [-0.3, -0.25) is 29.2 Å². The first-order valence-corrected chi connectivity index (χ1v) is 18.0. The van der Waals surface area contributed by atoms with Crippen molar-refractivity contribution in [3.8, 4) is 11.5 Å². The lowest BCUT2D eigenvalue weighted by molar-refractivity contribution is -0.143. The van der Waals surface area contributed by atoms with Gasteiger partial charge < -0.3 is 9.84 Å². The molecule has 2 aliphatic carbocycles. The molecule has 2 aliphatic heterocycles. The van der Waals surface area contributed by atoms with E-state index in [-0.39, 0.29) is 34.4 Å². The van der Waals surface area contributed by atoms with Crippen molar-refractivity contribution in [1.29, 1.82) is 0 Å². The number of pyridine rings is 2. The number of phenolic OH excluding ortho intramolecular Hbond substituents is 1. The highest BCUT2D eigenvalue weighted by atomic mass is 35.5. The van der Waals surface area contributed by atoms with Crippen molar-refractivity contribution < 1.29 is 55.4 Å². The third kappa shape index (κ3) is 6.71. The van der Waals surface area contributed by atoms with E-state index >= 15 is 0 Å². The molecule has 4 heterocycles. The number of rotatable bonds is 7. The summed E-state index contributed by atoms with van der Waals surface area (Å²) < 4.78 is 87.0. The minimum absolute atomic E-state index is 0.0144. The highest BCUT2D eigenvalue weighted by Gasteiger charge is 2.63. The van der Waals surface area contributed by atoms with Crippen LogP contribution >= 0.6 is 23.2 Å². The molecule has 0 unspecified atom stereocenters. The van der Waals surface area contributed by atoms with E-state index in [4.69, 9.17) is 27.9 Å². The minimum Gasteiger partial charge on any atom is -0.504 e. The van der Waals surface area contributed by atoms with Gasteiger partial charge in [0.25, 0.3) is 23.6 Å². The molecule has 7 rings (SSSR count). The van der Waals surface area contributed by atoms with Crippen molar-refractivity contribution >= 4 is 64.5 Å². The average molecular weight is 840 g/mol. The number of allylic oxidation sites excluding steroid dienone is 3. The Labute approximate surface area is 329 Å². The largest absolute Gasteiger partial charge is 0.504 e. The zero-order chi connectivity index (χ0) is 41.5. The molecule has 2 saturated heterocycles. The summed E-state index contributed by atoms with van der Waals surface area (Å²) in [5, 5.41) is 12.6. The molecule has 300 valence electrons. The van der Waals surface area contributed by atoms with Crippen LogP contribution in [-0.4, -0.2) is 69.9 Å². The number of carbonyl (C=O) groups excluding carboxylic acids is 4.